The molecule has 0 aliphatic carbocycles. The molecule has 0 spiro atoms. The molecular weight excluding hydrogens is 532 g/mol. The largest absolute Gasteiger partial charge is 0.504 e. The second-order valence-corrected chi connectivity index (χ2v) is 8.95. The molecule has 3 atom stereocenters. The molecule has 0 unspecified atom stereocenters. The summed E-state index contributed by atoms with van der Waals surface area (Å²) in [6.07, 6.45) is -5.23. The lowest BCUT2D eigenvalue weighted by Crippen LogP contribution is -2.30. The predicted molar refractivity (Wildman–Crippen MR) is 134 cm³/mol. The zero-order valence-corrected chi connectivity index (χ0v) is 20.6. The van der Waals surface area contributed by atoms with Crippen LogP contribution in [0.5, 0.6) is 34.5 Å². The fourth-order valence-corrected chi connectivity index (χ4v) is 4.06. The Morgan fingerprint density at radius 2 is 1.25 bits per heavy atom. The normalized spacial score (nSPS) is 13.2. The molecule has 0 amide bonds. The lowest BCUT2D eigenvalue weighted by Gasteiger charge is -2.23. The number of phenolic OH excluding ortho intramolecular Hbond substituents is 6. The maximum absolute atomic E-state index is 13.0. The minimum atomic E-state index is -1.93. The molecule has 0 saturated carbocycles. The van der Waals surface area contributed by atoms with Crippen LogP contribution in [0.25, 0.3) is 0 Å². The van der Waals surface area contributed by atoms with Crippen molar-refractivity contribution < 1.29 is 65.1 Å². The van der Waals surface area contributed by atoms with Crippen molar-refractivity contribution in [2.75, 3.05) is 0 Å². The maximum atomic E-state index is 13.0. The first-order chi connectivity index (χ1) is 18.8. The number of carbonyl (C=O) groups excluding carboxylic acids is 1. The highest BCUT2D eigenvalue weighted by Gasteiger charge is 2.29. The minimum absolute atomic E-state index is 0.00455. The van der Waals surface area contributed by atoms with Gasteiger partial charge in [-0.05, 0) is 58.7 Å². The first kappa shape index (κ1) is 29.4. The van der Waals surface area contributed by atoms with E-state index in [-0.39, 0.29) is 28.7 Å². The third-order valence-corrected chi connectivity index (χ3v) is 6.09. The number of hydrogen-bond acceptors (Lipinski definition) is 11. The summed E-state index contributed by atoms with van der Waals surface area (Å²) in [7, 11) is 0. The molecule has 3 rings (SSSR count). The van der Waals surface area contributed by atoms with Crippen molar-refractivity contribution in [2.24, 2.45) is 0 Å². The number of phenols is 6. The van der Waals surface area contributed by atoms with E-state index >= 15 is 0 Å². The van der Waals surface area contributed by atoms with Crippen molar-refractivity contribution in [2.45, 2.75) is 37.4 Å². The van der Waals surface area contributed by atoms with Crippen molar-refractivity contribution in [3.05, 3.63) is 70.8 Å². The highest BCUT2D eigenvalue weighted by atomic mass is 16.6. The number of aliphatic hydroxyl groups excluding tert-OH is 1. The molecule has 0 aromatic heterocycles. The quantitative estimate of drug-likeness (QED) is 0.120. The molecule has 3 aromatic rings. The topological polar surface area (TPSA) is 243 Å². The van der Waals surface area contributed by atoms with Gasteiger partial charge in [0, 0.05) is 18.8 Å². The molecule has 212 valence electrons. The van der Waals surface area contributed by atoms with E-state index in [9.17, 15) is 55.2 Å². The predicted octanol–water partition coefficient (Wildman–Crippen LogP) is 1.67. The summed E-state index contributed by atoms with van der Waals surface area (Å²) < 4.78 is 5.18. The molecule has 0 bridgehead atoms. The van der Waals surface area contributed by atoms with Crippen LogP contribution in [-0.2, 0) is 32.0 Å². The van der Waals surface area contributed by atoms with Crippen LogP contribution in [0, 0.1) is 0 Å². The van der Waals surface area contributed by atoms with Gasteiger partial charge in [0.05, 0.1) is 6.42 Å². The number of esters is 1. The summed E-state index contributed by atoms with van der Waals surface area (Å²) in [6.45, 7) is 0. The second-order valence-electron chi connectivity index (χ2n) is 8.95. The average Bonchev–Trinajstić information content (AvgIpc) is 2.88. The molecule has 0 fully saturated rings. The first-order valence-corrected chi connectivity index (χ1v) is 11.7. The third kappa shape index (κ3) is 7.02. The lowest BCUT2D eigenvalue weighted by atomic mass is 9.83. The summed E-state index contributed by atoms with van der Waals surface area (Å²) in [5.74, 6) is -8.66. The van der Waals surface area contributed by atoms with Gasteiger partial charge in [0.15, 0.2) is 40.6 Å². The van der Waals surface area contributed by atoms with E-state index in [0.717, 1.165) is 36.4 Å². The molecule has 0 aliphatic rings. The number of rotatable bonds is 11. The molecule has 13 nitrogen and oxygen atoms in total. The molecule has 0 saturated heterocycles. The Labute approximate surface area is 226 Å². The average molecular weight is 558 g/mol. The van der Waals surface area contributed by atoms with E-state index in [2.05, 4.69) is 0 Å². The van der Waals surface area contributed by atoms with Crippen molar-refractivity contribution in [1.82, 2.24) is 0 Å². The monoisotopic (exact) mass is 558 g/mol. The van der Waals surface area contributed by atoms with Crippen molar-refractivity contribution in [3.63, 3.8) is 0 Å². The fourth-order valence-electron chi connectivity index (χ4n) is 4.06. The van der Waals surface area contributed by atoms with Crippen LogP contribution >= 0.6 is 0 Å². The van der Waals surface area contributed by atoms with Crippen molar-refractivity contribution >= 4 is 17.9 Å². The molecule has 40 heavy (non-hydrogen) atoms. The number of benzene rings is 3. The molecule has 3 aromatic carbocycles. The Balaban J connectivity index is 2.00. The second kappa shape index (κ2) is 12.1. The molecule has 13 heteroatoms. The summed E-state index contributed by atoms with van der Waals surface area (Å²) >= 11 is 0. The fraction of sp³-hybridized carbons (Fsp3) is 0.222. The van der Waals surface area contributed by atoms with Crippen LogP contribution < -0.4 is 0 Å². The Morgan fingerprint density at radius 3 is 1.82 bits per heavy atom. The molecule has 9 N–H and O–H groups in total. The zero-order chi connectivity index (χ0) is 29.7. The van der Waals surface area contributed by atoms with Gasteiger partial charge >= 0.3 is 17.9 Å². The van der Waals surface area contributed by atoms with Crippen LogP contribution in [0.1, 0.15) is 34.6 Å². The SMILES string of the molecule is O=C(C[C@@H](c1ccc(O)c(O)c1)c1cc(O)c(O)cc1C[C@@H](O)C(=O)O)O[C@H](Cc1ccc(O)c(O)c1)C(=O)O. The van der Waals surface area contributed by atoms with Crippen LogP contribution in [-0.4, -0.2) is 76.1 Å². The summed E-state index contributed by atoms with van der Waals surface area (Å²) in [5.41, 5.74) is 0.417. The van der Waals surface area contributed by atoms with Crippen molar-refractivity contribution in [1.29, 1.82) is 0 Å². The number of aliphatic carboxylic acids is 2. The highest BCUT2D eigenvalue weighted by Crippen LogP contribution is 2.40. The van der Waals surface area contributed by atoms with Crippen molar-refractivity contribution in [3.8, 4) is 34.5 Å². The smallest absolute Gasteiger partial charge is 0.345 e. The Hall–Kier alpha value is -5.17. The molecule has 0 heterocycles. The zero-order valence-electron chi connectivity index (χ0n) is 20.6. The van der Waals surface area contributed by atoms with E-state index in [1.54, 1.807) is 0 Å². The van der Waals surface area contributed by atoms with Crippen LogP contribution in [0.3, 0.4) is 0 Å². The van der Waals surface area contributed by atoms with E-state index in [1.165, 1.54) is 12.1 Å². The van der Waals surface area contributed by atoms with Crippen LogP contribution in [0.2, 0.25) is 0 Å². The van der Waals surface area contributed by atoms with Gasteiger partial charge in [-0.1, -0.05) is 12.1 Å². The number of carboxylic acids is 2. The van der Waals surface area contributed by atoms with E-state index in [1.807, 2.05) is 0 Å². The lowest BCUT2D eigenvalue weighted by molar-refractivity contribution is -0.164. The van der Waals surface area contributed by atoms with Crippen LogP contribution in [0.4, 0.5) is 0 Å². The number of hydrogen-bond donors (Lipinski definition) is 9. The van der Waals surface area contributed by atoms with Gasteiger partial charge in [0.1, 0.15) is 0 Å². The number of aliphatic hydroxyl groups is 1. The Morgan fingerprint density at radius 1 is 0.675 bits per heavy atom. The number of carbonyl (C=O) groups is 3. The number of aromatic hydroxyl groups is 6. The Bertz CT molecular complexity index is 1430. The van der Waals surface area contributed by atoms with E-state index in [0.29, 0.717) is 0 Å². The van der Waals surface area contributed by atoms with Gasteiger partial charge < -0.3 is 50.7 Å². The van der Waals surface area contributed by atoms with Gasteiger partial charge in [-0.2, -0.15) is 0 Å². The molecule has 0 aliphatic heterocycles. The van der Waals surface area contributed by atoms with E-state index in [4.69, 9.17) is 9.84 Å². The van der Waals surface area contributed by atoms with Gasteiger partial charge in [-0.15, -0.1) is 0 Å². The number of ether oxygens (including phenoxy) is 1. The Kier molecular flexibility index (Phi) is 8.91. The van der Waals surface area contributed by atoms with E-state index < -0.39 is 83.4 Å². The summed E-state index contributed by atoms with van der Waals surface area (Å²) in [5, 5.41) is 87.8. The summed E-state index contributed by atoms with van der Waals surface area (Å²) in [6, 6.07) is 9.06. The number of carboxylic acid groups (broad SMARTS) is 2. The highest BCUT2D eigenvalue weighted by molar-refractivity contribution is 5.79. The molecule has 0 radical (unpaired) electrons. The standard InChI is InChI=1S/C27H26O13/c28-17-3-1-12(5-19(17)30)6-24(27(38)39)40-25(35)11-16(13-2-4-18(29)20(31)7-13)15-10-22(33)21(32)8-14(15)9-23(34)26(36)37/h1-5,7-8,10,16,23-24,28-34H,6,9,11H2,(H,36,37)(H,38,39)/t16-,23+,24+/m0/s1. The van der Waals surface area contributed by atoms with Gasteiger partial charge in [0.25, 0.3) is 0 Å². The van der Waals surface area contributed by atoms with Gasteiger partial charge in [0.2, 0.25) is 6.10 Å². The minimum Gasteiger partial charge on any atom is -0.504 e. The van der Waals surface area contributed by atoms with Crippen LogP contribution in [0.15, 0.2) is 48.5 Å². The van der Waals surface area contributed by atoms with Gasteiger partial charge in [-0.3, -0.25) is 4.79 Å². The third-order valence-electron chi connectivity index (χ3n) is 6.09. The maximum Gasteiger partial charge on any atom is 0.345 e. The van der Waals surface area contributed by atoms with Gasteiger partial charge in [-0.25, -0.2) is 9.59 Å². The first-order valence-electron chi connectivity index (χ1n) is 11.7. The summed E-state index contributed by atoms with van der Waals surface area (Å²) in [4.78, 5) is 36.1. The molecular formula is C27H26O13.